The number of aliphatic hydroxyl groups is 1. The number of Topliss-reactive ketones (excluding diaryl/α,β-unsaturated/α-hetero) is 1. The van der Waals surface area contributed by atoms with E-state index < -0.39 is 17.7 Å². The van der Waals surface area contributed by atoms with Crippen LogP contribution in [0.15, 0.2) is 72.3 Å². The first-order chi connectivity index (χ1) is 15.3. The lowest BCUT2D eigenvalue weighted by atomic mass is 9.94. The molecule has 1 fully saturated rings. The summed E-state index contributed by atoms with van der Waals surface area (Å²) in [6, 6.07) is 19.5. The van der Waals surface area contributed by atoms with E-state index in [9.17, 15) is 14.7 Å². The maximum absolute atomic E-state index is 13.2. The molecule has 32 heavy (non-hydrogen) atoms. The van der Waals surface area contributed by atoms with Crippen LogP contribution in [0.1, 0.15) is 33.9 Å². The van der Waals surface area contributed by atoms with E-state index in [2.05, 4.69) is 0 Å². The van der Waals surface area contributed by atoms with Gasteiger partial charge in [0.15, 0.2) is 0 Å². The van der Waals surface area contributed by atoms with Crippen molar-refractivity contribution in [2.45, 2.75) is 26.8 Å². The van der Waals surface area contributed by atoms with Gasteiger partial charge in [0.2, 0.25) is 0 Å². The summed E-state index contributed by atoms with van der Waals surface area (Å²) in [6.07, 6.45) is 0. The maximum Gasteiger partial charge on any atom is 0.300 e. The van der Waals surface area contributed by atoms with Gasteiger partial charge in [-0.3, -0.25) is 14.5 Å². The van der Waals surface area contributed by atoms with Gasteiger partial charge < -0.3 is 9.84 Å². The Kier molecular flexibility index (Phi) is 5.57. The van der Waals surface area contributed by atoms with Gasteiger partial charge in [0.05, 0.1) is 18.7 Å². The number of aryl methyl sites for hydroxylation is 3. The van der Waals surface area contributed by atoms with Gasteiger partial charge >= 0.3 is 0 Å². The number of carbonyl (C=O) groups is 2. The molecule has 1 saturated heterocycles. The number of ketones is 1. The molecule has 1 amide bonds. The fourth-order valence-corrected chi connectivity index (χ4v) is 4.32. The van der Waals surface area contributed by atoms with Crippen molar-refractivity contribution in [1.82, 2.24) is 0 Å². The molecule has 1 atom stereocenters. The van der Waals surface area contributed by atoms with Crippen LogP contribution in [-0.2, 0) is 9.59 Å². The summed E-state index contributed by atoms with van der Waals surface area (Å²) in [5, 5.41) is 11.2. The number of rotatable bonds is 4. The second-order valence-corrected chi connectivity index (χ2v) is 8.11. The molecule has 1 unspecified atom stereocenters. The predicted octanol–water partition coefficient (Wildman–Crippen LogP) is 5.25. The van der Waals surface area contributed by atoms with Crippen molar-refractivity contribution in [2.75, 3.05) is 12.0 Å². The zero-order chi connectivity index (χ0) is 23.0. The summed E-state index contributed by atoms with van der Waals surface area (Å²) in [6.45, 7) is 5.76. The summed E-state index contributed by atoms with van der Waals surface area (Å²) in [4.78, 5) is 28.0. The zero-order valence-electron chi connectivity index (χ0n) is 18.5. The van der Waals surface area contributed by atoms with E-state index in [1.54, 1.807) is 25.3 Å². The van der Waals surface area contributed by atoms with E-state index in [-0.39, 0.29) is 11.3 Å². The van der Waals surface area contributed by atoms with Crippen molar-refractivity contribution < 1.29 is 19.4 Å². The topological polar surface area (TPSA) is 66.8 Å². The molecule has 5 nitrogen and oxygen atoms in total. The minimum atomic E-state index is -0.736. The molecule has 4 rings (SSSR count). The summed E-state index contributed by atoms with van der Waals surface area (Å²) in [5.74, 6) is -0.883. The lowest BCUT2D eigenvalue weighted by Crippen LogP contribution is -2.29. The monoisotopic (exact) mass is 427 g/mol. The number of amides is 1. The largest absolute Gasteiger partial charge is 0.507 e. The van der Waals surface area contributed by atoms with Crippen LogP contribution in [0, 0.1) is 20.8 Å². The highest BCUT2D eigenvalue weighted by molar-refractivity contribution is 6.51. The van der Waals surface area contributed by atoms with Gasteiger partial charge in [-0.25, -0.2) is 0 Å². The van der Waals surface area contributed by atoms with Crippen molar-refractivity contribution in [3.8, 4) is 5.75 Å². The van der Waals surface area contributed by atoms with Crippen LogP contribution in [0.25, 0.3) is 5.76 Å². The molecule has 162 valence electrons. The smallest absolute Gasteiger partial charge is 0.300 e. The minimum Gasteiger partial charge on any atom is -0.507 e. The van der Waals surface area contributed by atoms with Crippen LogP contribution in [-0.4, -0.2) is 23.9 Å². The number of methoxy groups -OCH3 is 1. The predicted molar refractivity (Wildman–Crippen MR) is 125 cm³/mol. The van der Waals surface area contributed by atoms with E-state index in [1.807, 2.05) is 69.3 Å². The molecule has 0 aliphatic carbocycles. The van der Waals surface area contributed by atoms with Crippen LogP contribution in [0.2, 0.25) is 0 Å². The third-order valence-electron chi connectivity index (χ3n) is 5.71. The van der Waals surface area contributed by atoms with Gasteiger partial charge in [0.1, 0.15) is 11.5 Å². The number of benzene rings is 3. The molecule has 0 saturated carbocycles. The lowest BCUT2D eigenvalue weighted by molar-refractivity contribution is -0.132. The summed E-state index contributed by atoms with van der Waals surface area (Å²) < 4.78 is 5.30. The highest BCUT2D eigenvalue weighted by atomic mass is 16.5. The fourth-order valence-electron chi connectivity index (χ4n) is 4.32. The SMILES string of the molecule is COc1ccc(/C(O)=C2/C(=O)C(=O)N(c3cc(C)cc(C)c3)C2c2ccccc2)cc1C. The Morgan fingerprint density at radius 1 is 0.906 bits per heavy atom. The zero-order valence-corrected chi connectivity index (χ0v) is 18.5. The Morgan fingerprint density at radius 2 is 1.56 bits per heavy atom. The molecule has 0 spiro atoms. The number of carbonyl (C=O) groups excluding carboxylic acids is 2. The second kappa shape index (κ2) is 8.35. The quantitative estimate of drug-likeness (QED) is 0.351. The summed E-state index contributed by atoms with van der Waals surface area (Å²) in [5.41, 5.74) is 4.70. The third-order valence-corrected chi connectivity index (χ3v) is 5.71. The summed E-state index contributed by atoms with van der Waals surface area (Å²) in [7, 11) is 1.58. The van der Waals surface area contributed by atoms with Gasteiger partial charge in [-0.15, -0.1) is 0 Å². The van der Waals surface area contributed by atoms with Crippen molar-refractivity contribution >= 4 is 23.1 Å². The molecule has 3 aromatic carbocycles. The highest BCUT2D eigenvalue weighted by Gasteiger charge is 2.47. The molecule has 1 N–H and O–H groups in total. The molecule has 0 aromatic heterocycles. The fraction of sp³-hybridized carbons (Fsp3) is 0.185. The van der Waals surface area contributed by atoms with Gasteiger partial charge in [-0.1, -0.05) is 36.4 Å². The van der Waals surface area contributed by atoms with Crippen molar-refractivity contribution in [3.63, 3.8) is 0 Å². The molecule has 0 bridgehead atoms. The Balaban J connectivity index is 1.95. The molecule has 1 aliphatic rings. The Morgan fingerprint density at radius 3 is 2.16 bits per heavy atom. The highest BCUT2D eigenvalue weighted by Crippen LogP contribution is 2.42. The normalized spacial score (nSPS) is 17.6. The Bertz CT molecular complexity index is 1220. The Labute approximate surface area is 187 Å². The van der Waals surface area contributed by atoms with Crippen LogP contribution < -0.4 is 9.64 Å². The minimum absolute atomic E-state index is 0.0740. The molecular formula is C27H25NO4. The average molecular weight is 428 g/mol. The second-order valence-electron chi connectivity index (χ2n) is 8.11. The lowest BCUT2D eigenvalue weighted by Gasteiger charge is -2.26. The van der Waals surface area contributed by atoms with Crippen LogP contribution >= 0.6 is 0 Å². The number of hydrogen-bond donors (Lipinski definition) is 1. The molecule has 1 heterocycles. The van der Waals surface area contributed by atoms with E-state index in [0.717, 1.165) is 22.3 Å². The van der Waals surface area contributed by atoms with Gasteiger partial charge in [0.25, 0.3) is 11.7 Å². The first-order valence-electron chi connectivity index (χ1n) is 10.4. The third kappa shape index (κ3) is 3.66. The standard InChI is InChI=1S/C27H25NO4/c1-16-12-17(2)14-21(13-16)28-24(19-8-6-5-7-9-19)23(26(30)27(28)31)25(29)20-10-11-22(32-4)18(3)15-20/h5-15,24,29H,1-4H3/b25-23-. The van der Waals surface area contributed by atoms with Gasteiger partial charge in [0, 0.05) is 11.3 Å². The van der Waals surface area contributed by atoms with Gasteiger partial charge in [-0.2, -0.15) is 0 Å². The van der Waals surface area contributed by atoms with Crippen LogP contribution in [0.3, 0.4) is 0 Å². The van der Waals surface area contributed by atoms with Crippen molar-refractivity contribution in [3.05, 3.63) is 100 Å². The number of nitrogens with zero attached hydrogens (tertiary/aromatic N) is 1. The maximum atomic E-state index is 13.2. The van der Waals surface area contributed by atoms with E-state index >= 15 is 0 Å². The van der Waals surface area contributed by atoms with Crippen molar-refractivity contribution in [1.29, 1.82) is 0 Å². The van der Waals surface area contributed by atoms with Crippen molar-refractivity contribution in [2.24, 2.45) is 0 Å². The van der Waals surface area contributed by atoms with E-state index in [0.29, 0.717) is 17.0 Å². The van der Waals surface area contributed by atoms with Crippen LogP contribution in [0.5, 0.6) is 5.75 Å². The first-order valence-corrected chi connectivity index (χ1v) is 10.4. The number of ether oxygens (including phenoxy) is 1. The molecule has 3 aromatic rings. The number of anilines is 1. The van der Waals surface area contributed by atoms with E-state index in [1.165, 1.54) is 4.90 Å². The molecule has 5 heteroatoms. The Hall–Kier alpha value is -3.86. The number of hydrogen-bond acceptors (Lipinski definition) is 4. The summed E-state index contributed by atoms with van der Waals surface area (Å²) >= 11 is 0. The number of aliphatic hydroxyl groups excluding tert-OH is 1. The molecule has 0 radical (unpaired) electrons. The average Bonchev–Trinajstić information content (AvgIpc) is 3.04. The molecule has 1 aliphatic heterocycles. The van der Waals surface area contributed by atoms with E-state index in [4.69, 9.17) is 4.74 Å². The van der Waals surface area contributed by atoms with Crippen LogP contribution in [0.4, 0.5) is 5.69 Å². The van der Waals surface area contributed by atoms with Gasteiger partial charge in [-0.05, 0) is 73.4 Å². The molecular weight excluding hydrogens is 402 g/mol. The first kappa shape index (κ1) is 21.4.